The van der Waals surface area contributed by atoms with Gasteiger partial charge < -0.3 is 15.3 Å². The van der Waals surface area contributed by atoms with Crippen LogP contribution in [-0.4, -0.2) is 28.4 Å². The molecule has 2 aromatic rings. The summed E-state index contributed by atoms with van der Waals surface area (Å²) >= 11 is 3.40. The second-order valence-electron chi connectivity index (χ2n) is 5.70. The number of anilines is 2. The number of carbonyl (C=O) groups is 2. The van der Waals surface area contributed by atoms with Gasteiger partial charge in [-0.2, -0.15) is 0 Å². The van der Waals surface area contributed by atoms with Crippen molar-refractivity contribution in [3.63, 3.8) is 0 Å². The summed E-state index contributed by atoms with van der Waals surface area (Å²) in [5, 5.41) is 12.3. The zero-order valence-corrected chi connectivity index (χ0v) is 14.6. The number of rotatable bonds is 3. The van der Waals surface area contributed by atoms with Crippen molar-refractivity contribution < 1.29 is 14.7 Å². The van der Waals surface area contributed by atoms with E-state index in [2.05, 4.69) is 26.2 Å². The highest BCUT2D eigenvalue weighted by Gasteiger charge is 2.36. The highest BCUT2D eigenvalue weighted by molar-refractivity contribution is 9.10. The van der Waals surface area contributed by atoms with Gasteiger partial charge in [0.25, 0.3) is 0 Å². The van der Waals surface area contributed by atoms with Gasteiger partial charge in [-0.3, -0.25) is 9.59 Å². The van der Waals surface area contributed by atoms with Crippen molar-refractivity contribution in [3.05, 3.63) is 46.6 Å². The van der Waals surface area contributed by atoms with Crippen LogP contribution in [0.25, 0.3) is 0 Å². The number of aromatic hydroxyl groups is 1. The van der Waals surface area contributed by atoms with Crippen LogP contribution in [0.3, 0.4) is 0 Å². The number of nitrogens with one attached hydrogen (secondary N) is 1. The smallest absolute Gasteiger partial charge is 0.231 e. The molecule has 0 aliphatic carbocycles. The summed E-state index contributed by atoms with van der Waals surface area (Å²) in [5.74, 6) is -0.897. The van der Waals surface area contributed by atoms with Crippen molar-refractivity contribution in [2.45, 2.75) is 13.3 Å². The van der Waals surface area contributed by atoms with E-state index in [0.717, 1.165) is 15.7 Å². The van der Waals surface area contributed by atoms with Crippen LogP contribution in [0, 0.1) is 12.8 Å². The van der Waals surface area contributed by atoms with Crippen LogP contribution in [0.2, 0.25) is 0 Å². The Morgan fingerprint density at radius 3 is 2.92 bits per heavy atom. The van der Waals surface area contributed by atoms with Crippen molar-refractivity contribution in [2.75, 3.05) is 16.8 Å². The third-order valence-electron chi connectivity index (χ3n) is 3.97. The van der Waals surface area contributed by atoms with Gasteiger partial charge in [0, 0.05) is 29.3 Å². The Morgan fingerprint density at radius 2 is 2.21 bits per heavy atom. The minimum absolute atomic E-state index is 0.0918. The van der Waals surface area contributed by atoms with E-state index >= 15 is 0 Å². The minimum atomic E-state index is -0.484. The Bertz CT molecular complexity index is 809. The Hall–Kier alpha value is -2.41. The number of hydrogen-bond donors (Lipinski definition) is 2. The van der Waals surface area contributed by atoms with Gasteiger partial charge in [0.1, 0.15) is 0 Å². The summed E-state index contributed by atoms with van der Waals surface area (Å²) in [6.07, 6.45) is 1.61. The maximum Gasteiger partial charge on any atom is 0.231 e. The van der Waals surface area contributed by atoms with E-state index in [1.54, 1.807) is 11.0 Å². The summed E-state index contributed by atoms with van der Waals surface area (Å²) in [4.78, 5) is 30.2. The quantitative estimate of drug-likeness (QED) is 0.845. The molecule has 1 aromatic carbocycles. The maximum absolute atomic E-state index is 12.4. The lowest BCUT2D eigenvalue weighted by Crippen LogP contribution is -2.28. The zero-order chi connectivity index (χ0) is 17.3. The molecule has 0 unspecified atom stereocenters. The summed E-state index contributed by atoms with van der Waals surface area (Å²) in [5.41, 5.74) is 1.76. The number of amides is 2. The van der Waals surface area contributed by atoms with Gasteiger partial charge >= 0.3 is 0 Å². The molecule has 1 aliphatic rings. The maximum atomic E-state index is 12.4. The summed E-state index contributed by atoms with van der Waals surface area (Å²) in [7, 11) is 0. The van der Waals surface area contributed by atoms with Gasteiger partial charge in [0.15, 0.2) is 11.6 Å². The summed E-state index contributed by atoms with van der Waals surface area (Å²) in [6.45, 7) is 2.23. The third-order valence-corrected chi connectivity index (χ3v) is 4.47. The molecule has 7 heteroatoms. The number of carbonyl (C=O) groups excluding carboxylic acids is 2. The normalized spacial score (nSPS) is 17.2. The van der Waals surface area contributed by atoms with Crippen LogP contribution in [0.4, 0.5) is 11.5 Å². The predicted octanol–water partition coefficient (Wildman–Crippen LogP) is 2.85. The van der Waals surface area contributed by atoms with Gasteiger partial charge in [-0.05, 0) is 42.8 Å². The molecule has 124 valence electrons. The number of pyridine rings is 1. The Morgan fingerprint density at radius 1 is 1.42 bits per heavy atom. The average Bonchev–Trinajstić information content (AvgIpc) is 2.91. The summed E-state index contributed by atoms with van der Waals surface area (Å²) in [6, 6.07) is 8.68. The molecule has 2 amide bonds. The van der Waals surface area contributed by atoms with E-state index in [9.17, 15) is 14.7 Å². The molecule has 0 radical (unpaired) electrons. The van der Waals surface area contributed by atoms with Crippen LogP contribution in [0.1, 0.15) is 12.0 Å². The number of aryl methyl sites for hydroxylation is 1. The monoisotopic (exact) mass is 389 g/mol. The minimum Gasteiger partial charge on any atom is -0.504 e. The van der Waals surface area contributed by atoms with Crippen molar-refractivity contribution in [3.8, 4) is 5.75 Å². The van der Waals surface area contributed by atoms with Crippen LogP contribution < -0.4 is 10.2 Å². The molecular weight excluding hydrogens is 374 g/mol. The molecule has 2 heterocycles. The zero-order valence-electron chi connectivity index (χ0n) is 13.0. The molecule has 1 aromatic heterocycles. The van der Waals surface area contributed by atoms with Crippen LogP contribution in [0.15, 0.2) is 41.0 Å². The fraction of sp³-hybridized carbons (Fsp3) is 0.235. The lowest BCUT2D eigenvalue weighted by Gasteiger charge is -2.19. The van der Waals surface area contributed by atoms with Gasteiger partial charge in [0.05, 0.1) is 5.92 Å². The van der Waals surface area contributed by atoms with Crippen LogP contribution >= 0.6 is 15.9 Å². The van der Waals surface area contributed by atoms with Crippen LogP contribution in [0.5, 0.6) is 5.75 Å². The van der Waals surface area contributed by atoms with E-state index in [1.807, 2.05) is 25.1 Å². The fourth-order valence-electron chi connectivity index (χ4n) is 2.75. The molecule has 24 heavy (non-hydrogen) atoms. The Kier molecular flexibility index (Phi) is 4.53. The van der Waals surface area contributed by atoms with Gasteiger partial charge in [-0.1, -0.05) is 15.9 Å². The second kappa shape index (κ2) is 6.60. The molecule has 1 fully saturated rings. The van der Waals surface area contributed by atoms with E-state index in [0.29, 0.717) is 6.54 Å². The van der Waals surface area contributed by atoms with Gasteiger partial charge in [0.2, 0.25) is 11.8 Å². The highest BCUT2D eigenvalue weighted by atomic mass is 79.9. The van der Waals surface area contributed by atoms with Crippen molar-refractivity contribution in [1.82, 2.24) is 4.98 Å². The third kappa shape index (κ3) is 3.26. The van der Waals surface area contributed by atoms with Gasteiger partial charge in [-0.25, -0.2) is 4.98 Å². The number of aromatic nitrogens is 1. The van der Waals surface area contributed by atoms with Crippen molar-refractivity contribution in [2.24, 2.45) is 5.92 Å². The number of nitrogens with zero attached hydrogens (tertiary/aromatic N) is 2. The Labute approximate surface area is 147 Å². The predicted molar refractivity (Wildman–Crippen MR) is 93.9 cm³/mol. The number of benzene rings is 1. The molecular formula is C17H16BrN3O3. The Balaban J connectivity index is 1.74. The molecule has 0 bridgehead atoms. The first-order valence-corrected chi connectivity index (χ1v) is 8.26. The summed E-state index contributed by atoms with van der Waals surface area (Å²) < 4.78 is 0.940. The van der Waals surface area contributed by atoms with Crippen molar-refractivity contribution in [1.29, 1.82) is 0 Å². The first kappa shape index (κ1) is 16.4. The van der Waals surface area contributed by atoms with E-state index in [1.165, 1.54) is 12.3 Å². The number of hydrogen-bond acceptors (Lipinski definition) is 4. The van der Waals surface area contributed by atoms with E-state index in [-0.39, 0.29) is 29.8 Å². The molecule has 2 N–H and O–H groups in total. The van der Waals surface area contributed by atoms with E-state index < -0.39 is 5.92 Å². The molecule has 1 atom stereocenters. The van der Waals surface area contributed by atoms with Crippen LogP contribution in [-0.2, 0) is 9.59 Å². The van der Waals surface area contributed by atoms with E-state index in [4.69, 9.17) is 0 Å². The lowest BCUT2D eigenvalue weighted by atomic mass is 10.1. The molecule has 3 rings (SSSR count). The average molecular weight is 390 g/mol. The first-order valence-electron chi connectivity index (χ1n) is 7.47. The SMILES string of the molecule is Cc1cc(Br)ccc1N1C[C@H](C(=O)Nc2ncccc2O)CC1=O. The molecule has 0 saturated carbocycles. The largest absolute Gasteiger partial charge is 0.504 e. The number of halogens is 1. The molecule has 0 spiro atoms. The lowest BCUT2D eigenvalue weighted by molar-refractivity contribution is -0.122. The topological polar surface area (TPSA) is 82.5 Å². The van der Waals surface area contributed by atoms with Gasteiger partial charge in [-0.15, -0.1) is 0 Å². The molecule has 1 aliphatic heterocycles. The highest BCUT2D eigenvalue weighted by Crippen LogP contribution is 2.30. The molecule has 6 nitrogen and oxygen atoms in total. The standard InChI is InChI=1S/C17H16BrN3O3/c1-10-7-12(18)4-5-13(10)21-9-11(8-15(21)23)17(24)20-16-14(22)3-2-6-19-16/h2-7,11,22H,8-9H2,1H3,(H,19,20,24)/t11-/m1/s1. The molecule has 1 saturated heterocycles. The first-order chi connectivity index (χ1) is 11.5. The fourth-order valence-corrected chi connectivity index (χ4v) is 3.23. The second-order valence-corrected chi connectivity index (χ2v) is 6.61. The van der Waals surface area contributed by atoms with Crippen molar-refractivity contribution >= 4 is 39.2 Å².